The minimum atomic E-state index is -0.226. The predicted octanol–water partition coefficient (Wildman–Crippen LogP) is 6.24. The number of aromatic nitrogens is 1. The molecule has 0 spiro atoms. The average molecular weight is 529 g/mol. The van der Waals surface area contributed by atoms with Gasteiger partial charge in [-0.05, 0) is 56.6 Å². The van der Waals surface area contributed by atoms with Crippen molar-refractivity contribution in [3.8, 4) is 6.07 Å². The highest BCUT2D eigenvalue weighted by Crippen LogP contribution is 2.37. The molecular weight excluding hydrogens is 488 g/mol. The Morgan fingerprint density at radius 2 is 1.81 bits per heavy atom. The van der Waals surface area contributed by atoms with Gasteiger partial charge in [0.25, 0.3) is 11.5 Å². The van der Waals surface area contributed by atoms with Crippen molar-refractivity contribution in [1.29, 1.82) is 5.26 Å². The van der Waals surface area contributed by atoms with Crippen molar-refractivity contribution in [2.24, 2.45) is 5.92 Å². The van der Waals surface area contributed by atoms with Gasteiger partial charge in [-0.1, -0.05) is 70.4 Å². The molecule has 2 aliphatic rings. The van der Waals surface area contributed by atoms with Gasteiger partial charge < -0.3 is 4.90 Å². The lowest BCUT2D eigenvalue weighted by atomic mass is 9.99. The van der Waals surface area contributed by atoms with Crippen molar-refractivity contribution in [1.82, 2.24) is 9.47 Å². The lowest BCUT2D eigenvalue weighted by Crippen LogP contribution is -2.37. The Morgan fingerprint density at radius 3 is 2.42 bits per heavy atom. The van der Waals surface area contributed by atoms with Crippen molar-refractivity contribution in [3.63, 3.8) is 0 Å². The first-order valence-corrected chi connectivity index (χ1v) is 14.8. The average Bonchev–Trinajstić information content (AvgIpc) is 3.15. The number of thiocarbonyl (C=S) groups is 1. The molecule has 3 rings (SSSR count). The number of carbonyl (C=O) groups is 1. The number of carbonyl (C=O) groups excluding carboxylic acids is 1. The van der Waals surface area contributed by atoms with Crippen LogP contribution in [0.4, 0.5) is 5.82 Å². The molecule has 0 aromatic carbocycles. The number of thioether (sulfide) groups is 1. The Labute approximate surface area is 225 Å². The zero-order valence-electron chi connectivity index (χ0n) is 22.3. The number of unbranched alkanes of at least 4 members (excludes halogenated alkanes) is 2. The summed E-state index contributed by atoms with van der Waals surface area (Å²) in [7, 11) is 0. The number of amides is 1. The molecule has 2 fully saturated rings. The standard InChI is InChI=1S/C28H40N4O2S2/c1-5-8-13-21(7-3)19-32-27(34)24(36-28(32)35)17-22-20(4)23(18-29)26(33)31(16-9-6-2)25(22)30-14-11-10-12-15-30/h17,21H,5-16,19H2,1-4H3. The summed E-state index contributed by atoms with van der Waals surface area (Å²) in [6.45, 7) is 11.2. The molecule has 0 saturated carbocycles. The lowest BCUT2D eigenvalue weighted by molar-refractivity contribution is -0.122. The molecule has 1 unspecified atom stereocenters. The van der Waals surface area contributed by atoms with E-state index in [0.29, 0.717) is 33.8 Å². The van der Waals surface area contributed by atoms with Crippen LogP contribution in [0.1, 0.15) is 95.2 Å². The van der Waals surface area contributed by atoms with E-state index < -0.39 is 0 Å². The Hall–Kier alpha value is -2.11. The molecule has 196 valence electrons. The second-order valence-electron chi connectivity index (χ2n) is 9.92. The summed E-state index contributed by atoms with van der Waals surface area (Å²) in [6, 6.07) is 2.15. The van der Waals surface area contributed by atoms with E-state index in [1.165, 1.54) is 18.2 Å². The van der Waals surface area contributed by atoms with Crippen molar-refractivity contribution >= 4 is 46.1 Å². The van der Waals surface area contributed by atoms with Crippen molar-refractivity contribution in [2.75, 3.05) is 24.5 Å². The van der Waals surface area contributed by atoms with Gasteiger partial charge in [0.15, 0.2) is 0 Å². The Bertz CT molecular complexity index is 1100. The fourth-order valence-corrected chi connectivity index (χ4v) is 6.34. The van der Waals surface area contributed by atoms with Crippen LogP contribution in [0.25, 0.3) is 6.08 Å². The van der Waals surface area contributed by atoms with E-state index in [-0.39, 0.29) is 17.0 Å². The molecule has 6 nitrogen and oxygen atoms in total. The Kier molecular flexibility index (Phi) is 10.6. The van der Waals surface area contributed by atoms with E-state index in [0.717, 1.165) is 75.8 Å². The number of nitriles is 1. The third kappa shape index (κ3) is 6.23. The number of hydrogen-bond acceptors (Lipinski definition) is 6. The van der Waals surface area contributed by atoms with Crippen molar-refractivity contribution in [2.45, 2.75) is 92.0 Å². The lowest BCUT2D eigenvalue weighted by Gasteiger charge is -2.33. The van der Waals surface area contributed by atoms with Crippen molar-refractivity contribution < 1.29 is 4.79 Å². The van der Waals surface area contributed by atoms with Crippen LogP contribution in [0.15, 0.2) is 9.70 Å². The molecule has 2 aliphatic heterocycles. The first-order chi connectivity index (χ1) is 17.4. The van der Waals surface area contributed by atoms with Crippen LogP contribution in [0.5, 0.6) is 0 Å². The van der Waals surface area contributed by atoms with Gasteiger partial charge in [0, 0.05) is 31.7 Å². The molecule has 1 amide bonds. The molecule has 0 bridgehead atoms. The molecule has 8 heteroatoms. The first kappa shape index (κ1) is 28.5. The van der Waals surface area contributed by atoms with Gasteiger partial charge in [-0.25, -0.2) is 0 Å². The predicted molar refractivity (Wildman–Crippen MR) is 154 cm³/mol. The molecule has 0 radical (unpaired) electrons. The van der Waals surface area contributed by atoms with Crippen LogP contribution in [0.3, 0.4) is 0 Å². The third-order valence-electron chi connectivity index (χ3n) is 7.37. The summed E-state index contributed by atoms with van der Waals surface area (Å²) in [5.74, 6) is 1.22. The quantitative estimate of drug-likeness (QED) is 0.250. The van der Waals surface area contributed by atoms with Crippen LogP contribution in [-0.4, -0.2) is 39.3 Å². The van der Waals surface area contributed by atoms with E-state index in [9.17, 15) is 14.9 Å². The summed E-state index contributed by atoms with van der Waals surface area (Å²) in [5.41, 5.74) is 1.40. The number of rotatable bonds is 11. The van der Waals surface area contributed by atoms with Crippen LogP contribution < -0.4 is 10.5 Å². The summed E-state index contributed by atoms with van der Waals surface area (Å²) in [6.07, 6.45) is 11.4. The van der Waals surface area contributed by atoms with Gasteiger partial charge >= 0.3 is 0 Å². The number of pyridine rings is 1. The van der Waals surface area contributed by atoms with Crippen LogP contribution in [0.2, 0.25) is 0 Å². The molecule has 1 atom stereocenters. The summed E-state index contributed by atoms with van der Waals surface area (Å²) in [5, 5.41) is 9.87. The molecule has 3 heterocycles. The molecular formula is C28H40N4O2S2. The van der Waals surface area contributed by atoms with Crippen LogP contribution in [-0.2, 0) is 11.3 Å². The SMILES string of the molecule is CCCCC(CC)CN1C(=O)C(=Cc2c(C)c(C#N)c(=O)n(CCCC)c2N2CCCCC2)SC1=S. The normalized spacial score (nSPS) is 18.2. The fourth-order valence-electron chi connectivity index (χ4n) is 5.08. The van der Waals surface area contributed by atoms with E-state index in [1.54, 1.807) is 9.47 Å². The zero-order chi connectivity index (χ0) is 26.2. The maximum Gasteiger partial charge on any atom is 0.270 e. The zero-order valence-corrected chi connectivity index (χ0v) is 23.9. The van der Waals surface area contributed by atoms with E-state index in [2.05, 4.69) is 31.7 Å². The second-order valence-corrected chi connectivity index (χ2v) is 11.6. The fraction of sp³-hybridized carbons (Fsp3) is 0.643. The second kappa shape index (κ2) is 13.4. The number of nitrogens with zero attached hydrogens (tertiary/aromatic N) is 4. The molecule has 36 heavy (non-hydrogen) atoms. The van der Waals surface area contributed by atoms with Gasteiger partial charge in [-0.2, -0.15) is 5.26 Å². The monoisotopic (exact) mass is 528 g/mol. The summed E-state index contributed by atoms with van der Waals surface area (Å²) >= 11 is 6.98. The highest BCUT2D eigenvalue weighted by molar-refractivity contribution is 8.26. The molecule has 0 N–H and O–H groups in total. The van der Waals surface area contributed by atoms with Gasteiger partial charge in [0.2, 0.25) is 0 Å². The van der Waals surface area contributed by atoms with E-state index in [4.69, 9.17) is 12.2 Å². The third-order valence-corrected chi connectivity index (χ3v) is 8.75. The van der Waals surface area contributed by atoms with Crippen LogP contribution in [0, 0.1) is 24.2 Å². The minimum absolute atomic E-state index is 0.0613. The highest BCUT2D eigenvalue weighted by atomic mass is 32.2. The van der Waals surface area contributed by atoms with Gasteiger partial charge in [0.1, 0.15) is 21.8 Å². The Morgan fingerprint density at radius 1 is 1.11 bits per heavy atom. The van der Waals surface area contributed by atoms with Gasteiger partial charge in [0.05, 0.1) is 4.91 Å². The summed E-state index contributed by atoms with van der Waals surface area (Å²) < 4.78 is 2.38. The minimum Gasteiger partial charge on any atom is -0.357 e. The van der Waals surface area contributed by atoms with Crippen molar-refractivity contribution in [3.05, 3.63) is 31.9 Å². The number of piperidine rings is 1. The first-order valence-electron chi connectivity index (χ1n) is 13.6. The smallest absolute Gasteiger partial charge is 0.270 e. The molecule has 1 aromatic heterocycles. The molecule has 0 aliphatic carbocycles. The maximum absolute atomic E-state index is 13.5. The van der Waals surface area contributed by atoms with E-state index >= 15 is 0 Å². The maximum atomic E-state index is 13.5. The topological polar surface area (TPSA) is 69.3 Å². The summed E-state index contributed by atoms with van der Waals surface area (Å²) in [4.78, 5) is 31.5. The number of anilines is 1. The molecule has 1 aromatic rings. The van der Waals surface area contributed by atoms with E-state index in [1.807, 2.05) is 13.0 Å². The highest BCUT2D eigenvalue weighted by Gasteiger charge is 2.34. The van der Waals surface area contributed by atoms with Gasteiger partial charge in [-0.3, -0.25) is 19.1 Å². The molecule has 2 saturated heterocycles. The van der Waals surface area contributed by atoms with Gasteiger partial charge in [-0.15, -0.1) is 0 Å². The largest absolute Gasteiger partial charge is 0.357 e. The van der Waals surface area contributed by atoms with Crippen LogP contribution >= 0.6 is 24.0 Å². The number of hydrogen-bond donors (Lipinski definition) is 0. The Balaban J connectivity index is 2.09.